The van der Waals surface area contributed by atoms with E-state index in [2.05, 4.69) is 133 Å². The Morgan fingerprint density at radius 3 is 1.87 bits per heavy atom. The third-order valence-electron chi connectivity index (χ3n) is 12.2. The van der Waals surface area contributed by atoms with Crippen LogP contribution in [0.1, 0.15) is 31.9 Å². The molecular formula is C55H41N5. The SMILES string of the molecule is C=C(/C=C\C=C/C)n1ccc2cc3cc4c5ccccc5n(-c5ccc6c(c5)C(C)(C)c5cc(-c7nc(-c8ccccc8)nc(-c8ccccc8)n7)ccc5-6)c4cc3cc21. The van der Waals surface area contributed by atoms with Crippen LogP contribution in [0, 0.1) is 0 Å². The van der Waals surface area contributed by atoms with Gasteiger partial charge in [0.1, 0.15) is 0 Å². The molecule has 0 fully saturated rings. The minimum atomic E-state index is -0.277. The molecule has 0 atom stereocenters. The number of benzene rings is 7. The van der Waals surface area contributed by atoms with Gasteiger partial charge in [-0.3, -0.25) is 0 Å². The second-order valence-electron chi connectivity index (χ2n) is 16.2. The van der Waals surface area contributed by atoms with E-state index in [-0.39, 0.29) is 5.41 Å². The van der Waals surface area contributed by atoms with Crippen molar-refractivity contribution >= 4 is 49.2 Å². The predicted molar refractivity (Wildman–Crippen MR) is 250 cm³/mol. The lowest BCUT2D eigenvalue weighted by molar-refractivity contribution is 0.660. The van der Waals surface area contributed by atoms with Crippen molar-refractivity contribution in [2.45, 2.75) is 26.2 Å². The molecule has 0 radical (unpaired) electrons. The largest absolute Gasteiger partial charge is 0.317 e. The van der Waals surface area contributed by atoms with Crippen LogP contribution in [-0.4, -0.2) is 24.1 Å². The molecule has 0 saturated carbocycles. The van der Waals surface area contributed by atoms with Crippen LogP contribution in [-0.2, 0) is 5.41 Å². The molecule has 0 bridgehead atoms. The van der Waals surface area contributed by atoms with Gasteiger partial charge in [-0.2, -0.15) is 0 Å². The molecule has 5 heteroatoms. The number of hydrogen-bond donors (Lipinski definition) is 0. The minimum Gasteiger partial charge on any atom is -0.317 e. The lowest BCUT2D eigenvalue weighted by Crippen LogP contribution is -2.15. The Morgan fingerprint density at radius 2 is 1.15 bits per heavy atom. The molecule has 0 N–H and O–H groups in total. The topological polar surface area (TPSA) is 48.5 Å². The minimum absolute atomic E-state index is 0.277. The molecule has 60 heavy (non-hydrogen) atoms. The highest BCUT2D eigenvalue weighted by molar-refractivity contribution is 6.15. The first-order valence-electron chi connectivity index (χ1n) is 20.5. The van der Waals surface area contributed by atoms with Crippen molar-refractivity contribution in [3.63, 3.8) is 0 Å². The smallest absolute Gasteiger partial charge is 0.164 e. The second-order valence-corrected chi connectivity index (χ2v) is 16.2. The van der Waals surface area contributed by atoms with E-state index in [0.717, 1.165) is 33.6 Å². The van der Waals surface area contributed by atoms with Crippen LogP contribution in [0.4, 0.5) is 0 Å². The molecular weight excluding hydrogens is 731 g/mol. The highest BCUT2D eigenvalue weighted by Gasteiger charge is 2.36. The van der Waals surface area contributed by atoms with Gasteiger partial charge in [0.25, 0.3) is 0 Å². The molecule has 5 nitrogen and oxygen atoms in total. The number of nitrogens with zero attached hydrogens (tertiary/aromatic N) is 5. The van der Waals surface area contributed by atoms with E-state index in [0.29, 0.717) is 17.5 Å². The summed E-state index contributed by atoms with van der Waals surface area (Å²) in [7, 11) is 0. The van der Waals surface area contributed by atoms with E-state index in [1.54, 1.807) is 0 Å². The van der Waals surface area contributed by atoms with Crippen LogP contribution in [0.3, 0.4) is 0 Å². The molecule has 0 spiro atoms. The van der Waals surface area contributed by atoms with Crippen molar-refractivity contribution in [3.8, 4) is 51.0 Å². The molecule has 7 aromatic carbocycles. The molecule has 3 aromatic heterocycles. The van der Waals surface area contributed by atoms with E-state index in [1.165, 1.54) is 60.2 Å². The lowest BCUT2D eigenvalue weighted by atomic mass is 9.82. The summed E-state index contributed by atoms with van der Waals surface area (Å²) in [6, 6.07) is 54.3. The maximum Gasteiger partial charge on any atom is 0.164 e. The van der Waals surface area contributed by atoms with Gasteiger partial charge < -0.3 is 9.13 Å². The second kappa shape index (κ2) is 13.7. The molecule has 286 valence electrons. The number of aromatic nitrogens is 5. The monoisotopic (exact) mass is 771 g/mol. The molecule has 0 saturated heterocycles. The van der Waals surface area contributed by atoms with Crippen molar-refractivity contribution in [1.82, 2.24) is 24.1 Å². The Morgan fingerprint density at radius 1 is 0.533 bits per heavy atom. The number of allylic oxidation sites excluding steroid dienone is 5. The summed E-state index contributed by atoms with van der Waals surface area (Å²) in [5.74, 6) is 1.98. The lowest BCUT2D eigenvalue weighted by Gasteiger charge is -2.23. The maximum atomic E-state index is 5.05. The number of rotatable bonds is 7. The highest BCUT2D eigenvalue weighted by Crippen LogP contribution is 2.50. The van der Waals surface area contributed by atoms with Crippen molar-refractivity contribution in [3.05, 3.63) is 200 Å². The zero-order chi connectivity index (χ0) is 40.5. The predicted octanol–water partition coefficient (Wildman–Crippen LogP) is 14.0. The van der Waals surface area contributed by atoms with Gasteiger partial charge in [0.05, 0.1) is 16.6 Å². The van der Waals surface area contributed by atoms with E-state index >= 15 is 0 Å². The molecule has 0 aliphatic heterocycles. The van der Waals surface area contributed by atoms with E-state index in [9.17, 15) is 0 Å². The van der Waals surface area contributed by atoms with Crippen molar-refractivity contribution in [2.75, 3.05) is 0 Å². The summed E-state index contributed by atoms with van der Waals surface area (Å²) in [5, 5.41) is 6.08. The van der Waals surface area contributed by atoms with Crippen LogP contribution in [0.2, 0.25) is 0 Å². The van der Waals surface area contributed by atoms with Crippen LogP contribution in [0.5, 0.6) is 0 Å². The third kappa shape index (κ3) is 5.65. The first kappa shape index (κ1) is 35.5. The fourth-order valence-electron chi connectivity index (χ4n) is 9.18. The van der Waals surface area contributed by atoms with Crippen LogP contribution in [0.15, 0.2) is 189 Å². The number of para-hydroxylation sites is 1. The molecule has 1 aliphatic rings. The van der Waals surface area contributed by atoms with Gasteiger partial charge >= 0.3 is 0 Å². The van der Waals surface area contributed by atoms with Crippen LogP contribution < -0.4 is 0 Å². The number of hydrogen-bond acceptors (Lipinski definition) is 3. The molecule has 10 aromatic rings. The van der Waals surface area contributed by atoms with Crippen molar-refractivity contribution in [2.24, 2.45) is 0 Å². The van der Waals surface area contributed by atoms with E-state index in [1.807, 2.05) is 85.8 Å². The Balaban J connectivity index is 1.03. The summed E-state index contributed by atoms with van der Waals surface area (Å²) in [6.45, 7) is 11.1. The fourth-order valence-corrected chi connectivity index (χ4v) is 9.18. The first-order valence-corrected chi connectivity index (χ1v) is 20.5. The quantitative estimate of drug-likeness (QED) is 0.152. The van der Waals surface area contributed by atoms with Gasteiger partial charge in [-0.15, -0.1) is 0 Å². The first-order chi connectivity index (χ1) is 29.4. The van der Waals surface area contributed by atoms with E-state index < -0.39 is 0 Å². The summed E-state index contributed by atoms with van der Waals surface area (Å²) in [5.41, 5.74) is 13.3. The van der Waals surface area contributed by atoms with Gasteiger partial charge in [0, 0.05) is 55.8 Å². The summed E-state index contributed by atoms with van der Waals surface area (Å²) >= 11 is 0. The standard InChI is InChI=1S/C55H41N5/c1-5-6-9-16-35(2)59-28-27-38-29-40-30-46-45-21-14-15-22-49(45)60(51(46)33-41(40)32-50(38)59)42-24-26-44-43-25-23-39(31-47(43)55(3,4)48(44)34-42)54-57-52(36-17-10-7-11-18-36)56-53(58-54)37-19-12-8-13-20-37/h5-34H,2H2,1,3-4H3/b6-5-,16-9-. The maximum absolute atomic E-state index is 5.05. The molecule has 0 unspecified atom stereocenters. The Labute approximate surface area is 349 Å². The zero-order valence-corrected chi connectivity index (χ0v) is 33.8. The zero-order valence-electron chi connectivity index (χ0n) is 33.8. The van der Waals surface area contributed by atoms with Crippen LogP contribution in [0.25, 0.3) is 100 Å². The van der Waals surface area contributed by atoms with E-state index in [4.69, 9.17) is 15.0 Å². The van der Waals surface area contributed by atoms with Gasteiger partial charge in [-0.05, 0) is 101 Å². The Bertz CT molecular complexity index is 3360. The molecule has 3 heterocycles. The van der Waals surface area contributed by atoms with Crippen molar-refractivity contribution < 1.29 is 0 Å². The number of fused-ring (bicyclic) bond motifs is 8. The molecule has 11 rings (SSSR count). The Hall–Kier alpha value is -7.63. The molecule has 1 aliphatic carbocycles. The van der Waals surface area contributed by atoms with Gasteiger partial charge in [0.2, 0.25) is 0 Å². The average molecular weight is 772 g/mol. The molecule has 0 amide bonds. The summed E-state index contributed by atoms with van der Waals surface area (Å²) < 4.78 is 4.61. The normalized spacial score (nSPS) is 13.3. The van der Waals surface area contributed by atoms with Gasteiger partial charge in [-0.25, -0.2) is 15.0 Å². The third-order valence-corrected chi connectivity index (χ3v) is 12.2. The summed E-state index contributed by atoms with van der Waals surface area (Å²) in [6.07, 6.45) is 10.2. The highest BCUT2D eigenvalue weighted by atomic mass is 15.0. The van der Waals surface area contributed by atoms with Crippen LogP contribution >= 0.6 is 0 Å². The average Bonchev–Trinajstić information content (AvgIpc) is 3.92. The van der Waals surface area contributed by atoms with Gasteiger partial charge in [0.15, 0.2) is 17.5 Å². The van der Waals surface area contributed by atoms with Crippen molar-refractivity contribution in [1.29, 1.82) is 0 Å². The van der Waals surface area contributed by atoms with Gasteiger partial charge in [-0.1, -0.05) is 136 Å². The Kier molecular flexibility index (Phi) is 8.14. The summed E-state index contributed by atoms with van der Waals surface area (Å²) in [4.78, 5) is 15.0. The fraction of sp³-hybridized carbons (Fsp3) is 0.0727.